The topological polar surface area (TPSA) is 104 Å². The quantitative estimate of drug-likeness (QED) is 0.513. The van der Waals surface area contributed by atoms with Gasteiger partial charge >= 0.3 is 0 Å². The highest BCUT2D eigenvalue weighted by Crippen LogP contribution is 2.19. The van der Waals surface area contributed by atoms with Crippen LogP contribution < -0.4 is 16.2 Å². The largest absolute Gasteiger partial charge is 0.347 e. The van der Waals surface area contributed by atoms with Crippen molar-refractivity contribution in [1.29, 1.82) is 0 Å². The van der Waals surface area contributed by atoms with E-state index in [0.29, 0.717) is 35.6 Å². The summed E-state index contributed by atoms with van der Waals surface area (Å²) in [5.74, 6) is -5.39. The summed E-state index contributed by atoms with van der Waals surface area (Å²) in [6.07, 6.45) is 0.773. The normalized spacial score (nSPS) is 10.8. The van der Waals surface area contributed by atoms with Crippen molar-refractivity contribution >= 4 is 28.4 Å². The van der Waals surface area contributed by atoms with Crippen LogP contribution in [0.2, 0.25) is 0 Å². The number of aryl methyl sites for hydroxylation is 1. The van der Waals surface area contributed by atoms with Gasteiger partial charge in [0.25, 0.3) is 5.56 Å². The number of amides is 2. The van der Waals surface area contributed by atoms with Gasteiger partial charge in [-0.05, 0) is 30.7 Å². The van der Waals surface area contributed by atoms with Gasteiger partial charge in [0, 0.05) is 12.8 Å². The lowest BCUT2D eigenvalue weighted by molar-refractivity contribution is -0.124. The molecule has 3 rings (SSSR count). The van der Waals surface area contributed by atoms with Crippen molar-refractivity contribution in [3.05, 3.63) is 70.0 Å². The molecule has 2 aromatic carbocycles. The maximum atomic E-state index is 13.5. The average molecular weight is 418 g/mol. The summed E-state index contributed by atoms with van der Waals surface area (Å²) >= 11 is 0. The number of halogens is 3. The molecule has 10 heteroatoms. The monoisotopic (exact) mass is 418 g/mol. The van der Waals surface area contributed by atoms with Gasteiger partial charge < -0.3 is 15.6 Å². The second-order valence-corrected chi connectivity index (χ2v) is 6.43. The fourth-order valence-electron chi connectivity index (χ4n) is 2.75. The van der Waals surface area contributed by atoms with E-state index in [4.69, 9.17) is 0 Å². The highest BCUT2D eigenvalue weighted by Gasteiger charge is 2.15. The number of hydrogen-bond acceptors (Lipinski definition) is 4. The predicted molar refractivity (Wildman–Crippen MR) is 103 cm³/mol. The number of nitrogens with one attached hydrogen (secondary N) is 3. The molecule has 1 heterocycles. The van der Waals surface area contributed by atoms with Crippen LogP contribution in [0.4, 0.5) is 18.9 Å². The van der Waals surface area contributed by atoms with Crippen LogP contribution in [-0.2, 0) is 16.0 Å². The molecule has 0 fully saturated rings. The van der Waals surface area contributed by atoms with Crippen LogP contribution in [0.15, 0.2) is 41.2 Å². The molecule has 7 nitrogen and oxygen atoms in total. The van der Waals surface area contributed by atoms with Crippen LogP contribution in [-0.4, -0.2) is 28.3 Å². The lowest BCUT2D eigenvalue weighted by Crippen LogP contribution is -2.33. The molecule has 2 amide bonds. The van der Waals surface area contributed by atoms with Crippen molar-refractivity contribution in [3.63, 3.8) is 0 Å². The molecule has 0 unspecified atom stereocenters. The minimum Gasteiger partial charge on any atom is -0.347 e. The molecule has 1 aromatic heterocycles. The second-order valence-electron chi connectivity index (χ2n) is 6.43. The van der Waals surface area contributed by atoms with E-state index in [1.165, 1.54) is 0 Å². The highest BCUT2D eigenvalue weighted by atomic mass is 19.2. The predicted octanol–water partition coefficient (Wildman–Crippen LogP) is 2.42. The standard InChI is InChI=1S/C20H17F3N4O3/c21-12-8-9-14(19(23)18(12)22)26-17(29)10-24-16(28)7-3-6-15-25-13-5-2-1-4-11(13)20(30)27-15/h1-2,4-5,8-9H,3,6-7,10H2,(H,24,28)(H,26,29)(H,25,27,30). The van der Waals surface area contributed by atoms with Gasteiger partial charge in [0.15, 0.2) is 17.5 Å². The van der Waals surface area contributed by atoms with Gasteiger partial charge in [-0.3, -0.25) is 14.4 Å². The number of para-hydroxylation sites is 1. The minimum atomic E-state index is -1.70. The van der Waals surface area contributed by atoms with E-state index in [1.54, 1.807) is 24.3 Å². The summed E-state index contributed by atoms with van der Waals surface area (Å²) in [7, 11) is 0. The van der Waals surface area contributed by atoms with Gasteiger partial charge in [-0.1, -0.05) is 12.1 Å². The molecule has 0 saturated heterocycles. The zero-order valence-corrected chi connectivity index (χ0v) is 15.6. The lowest BCUT2D eigenvalue weighted by atomic mass is 10.2. The Hall–Kier alpha value is -3.69. The molecule has 30 heavy (non-hydrogen) atoms. The van der Waals surface area contributed by atoms with E-state index >= 15 is 0 Å². The number of H-pyrrole nitrogens is 1. The van der Waals surface area contributed by atoms with Crippen molar-refractivity contribution < 1.29 is 22.8 Å². The first-order valence-corrected chi connectivity index (χ1v) is 9.03. The van der Waals surface area contributed by atoms with Gasteiger partial charge in [0.1, 0.15) is 5.82 Å². The molecular formula is C20H17F3N4O3. The molecule has 0 saturated carbocycles. The number of aromatic amines is 1. The molecule has 0 aliphatic carbocycles. The van der Waals surface area contributed by atoms with E-state index in [1.807, 2.05) is 0 Å². The number of anilines is 1. The number of hydrogen-bond donors (Lipinski definition) is 3. The Bertz CT molecular complexity index is 1160. The van der Waals surface area contributed by atoms with Crippen LogP contribution in [0.3, 0.4) is 0 Å². The Kier molecular flexibility index (Phi) is 6.45. The molecular weight excluding hydrogens is 401 g/mol. The number of carbonyl (C=O) groups excluding carboxylic acids is 2. The van der Waals surface area contributed by atoms with Crippen molar-refractivity contribution in [3.8, 4) is 0 Å². The summed E-state index contributed by atoms with van der Waals surface area (Å²) in [5.41, 5.74) is -0.234. The van der Waals surface area contributed by atoms with E-state index in [-0.39, 0.29) is 12.0 Å². The lowest BCUT2D eigenvalue weighted by Gasteiger charge is -2.08. The third-order valence-corrected chi connectivity index (χ3v) is 4.23. The van der Waals surface area contributed by atoms with Gasteiger partial charge in [-0.15, -0.1) is 0 Å². The van der Waals surface area contributed by atoms with Crippen LogP contribution in [0.25, 0.3) is 10.9 Å². The fraction of sp³-hybridized carbons (Fsp3) is 0.200. The van der Waals surface area contributed by atoms with Crippen molar-refractivity contribution in [2.75, 3.05) is 11.9 Å². The first-order chi connectivity index (χ1) is 14.3. The zero-order chi connectivity index (χ0) is 21.7. The molecule has 0 spiro atoms. The van der Waals surface area contributed by atoms with Crippen LogP contribution in [0.1, 0.15) is 18.7 Å². The first-order valence-electron chi connectivity index (χ1n) is 9.03. The van der Waals surface area contributed by atoms with Gasteiger partial charge in [-0.25, -0.2) is 18.2 Å². The van der Waals surface area contributed by atoms with Gasteiger partial charge in [0.05, 0.1) is 23.1 Å². The molecule has 0 aliphatic heterocycles. The number of carbonyl (C=O) groups is 2. The Morgan fingerprint density at radius 1 is 1.00 bits per heavy atom. The fourth-order valence-corrected chi connectivity index (χ4v) is 2.75. The van der Waals surface area contributed by atoms with E-state index in [0.717, 1.165) is 6.07 Å². The number of fused-ring (bicyclic) bond motifs is 1. The van der Waals surface area contributed by atoms with Crippen molar-refractivity contribution in [1.82, 2.24) is 15.3 Å². The molecule has 3 aromatic rings. The maximum Gasteiger partial charge on any atom is 0.258 e. The number of benzene rings is 2. The third kappa shape index (κ3) is 5.02. The SMILES string of the molecule is O=C(CCCc1nc2ccccc2c(=O)[nH]1)NCC(=O)Nc1ccc(F)c(F)c1F. The number of rotatable bonds is 7. The molecule has 3 N–H and O–H groups in total. The second kappa shape index (κ2) is 9.21. The summed E-state index contributed by atoms with van der Waals surface area (Å²) < 4.78 is 39.6. The summed E-state index contributed by atoms with van der Waals surface area (Å²) in [6, 6.07) is 8.44. The van der Waals surface area contributed by atoms with Crippen LogP contribution >= 0.6 is 0 Å². The highest BCUT2D eigenvalue weighted by molar-refractivity contribution is 5.94. The molecule has 156 valence electrons. The Labute approximate surface area is 168 Å². The Morgan fingerprint density at radius 3 is 2.57 bits per heavy atom. The average Bonchev–Trinajstić information content (AvgIpc) is 2.73. The molecule has 0 radical (unpaired) electrons. The smallest absolute Gasteiger partial charge is 0.258 e. The van der Waals surface area contributed by atoms with E-state index in [2.05, 4.69) is 20.6 Å². The first kappa shape index (κ1) is 21.0. The molecule has 0 aliphatic rings. The number of aromatic nitrogens is 2. The minimum absolute atomic E-state index is 0.0589. The zero-order valence-electron chi connectivity index (χ0n) is 15.6. The van der Waals surface area contributed by atoms with Crippen molar-refractivity contribution in [2.24, 2.45) is 0 Å². The summed E-state index contributed by atoms with van der Waals surface area (Å²) in [5, 5.41) is 4.87. The summed E-state index contributed by atoms with van der Waals surface area (Å²) in [4.78, 5) is 42.6. The van der Waals surface area contributed by atoms with E-state index < -0.39 is 41.5 Å². The molecule has 0 atom stereocenters. The third-order valence-electron chi connectivity index (χ3n) is 4.23. The van der Waals surface area contributed by atoms with Crippen molar-refractivity contribution in [2.45, 2.75) is 19.3 Å². The Morgan fingerprint density at radius 2 is 1.77 bits per heavy atom. The molecule has 0 bridgehead atoms. The Balaban J connectivity index is 1.46. The van der Waals surface area contributed by atoms with Gasteiger partial charge in [-0.2, -0.15) is 0 Å². The van der Waals surface area contributed by atoms with Crippen LogP contribution in [0.5, 0.6) is 0 Å². The number of nitrogens with zero attached hydrogens (tertiary/aromatic N) is 1. The van der Waals surface area contributed by atoms with Crippen LogP contribution in [0, 0.1) is 17.5 Å². The van der Waals surface area contributed by atoms with E-state index in [9.17, 15) is 27.6 Å². The maximum absolute atomic E-state index is 13.5. The van der Waals surface area contributed by atoms with Gasteiger partial charge in [0.2, 0.25) is 11.8 Å². The summed E-state index contributed by atoms with van der Waals surface area (Å²) in [6.45, 7) is -0.470.